The first kappa shape index (κ1) is 16.0. The predicted octanol–water partition coefficient (Wildman–Crippen LogP) is 2.46. The molecule has 4 nitrogen and oxygen atoms in total. The molecule has 0 atom stereocenters. The number of pyridine rings is 1. The van der Waals surface area contributed by atoms with Gasteiger partial charge in [0.15, 0.2) is 0 Å². The molecule has 1 fully saturated rings. The minimum atomic E-state index is 0.593. The van der Waals surface area contributed by atoms with Crippen LogP contribution in [0.2, 0.25) is 0 Å². The quantitative estimate of drug-likeness (QED) is 0.860. The van der Waals surface area contributed by atoms with Crippen molar-refractivity contribution in [2.75, 3.05) is 25.4 Å². The minimum absolute atomic E-state index is 0.593. The summed E-state index contributed by atoms with van der Waals surface area (Å²) in [5.74, 6) is 0. The maximum atomic E-state index is 5.94. The zero-order valence-electron chi connectivity index (χ0n) is 13.6. The monoisotopic (exact) mass is 310 g/mol. The highest BCUT2D eigenvalue weighted by atomic mass is 15.1. The SMILES string of the molecule is Nc1cnccc1CNC1CCN(CCc2ccccc2)CC1. The van der Waals surface area contributed by atoms with Crippen molar-refractivity contribution in [2.24, 2.45) is 0 Å². The second-order valence-electron chi connectivity index (χ2n) is 6.31. The third kappa shape index (κ3) is 4.78. The summed E-state index contributed by atoms with van der Waals surface area (Å²) in [5, 5.41) is 3.64. The summed E-state index contributed by atoms with van der Waals surface area (Å²) in [5.41, 5.74) is 9.30. The molecule has 0 bridgehead atoms. The van der Waals surface area contributed by atoms with Gasteiger partial charge in [0.1, 0.15) is 0 Å². The van der Waals surface area contributed by atoms with Gasteiger partial charge < -0.3 is 16.0 Å². The molecule has 3 rings (SSSR count). The van der Waals surface area contributed by atoms with Gasteiger partial charge in [0, 0.05) is 25.3 Å². The van der Waals surface area contributed by atoms with Gasteiger partial charge in [0.2, 0.25) is 0 Å². The molecule has 4 heteroatoms. The first-order valence-electron chi connectivity index (χ1n) is 8.49. The van der Waals surface area contributed by atoms with Crippen LogP contribution in [0.3, 0.4) is 0 Å². The summed E-state index contributed by atoms with van der Waals surface area (Å²) >= 11 is 0. The number of piperidine rings is 1. The Bertz CT molecular complexity index is 591. The Balaban J connectivity index is 1.38. The third-order valence-electron chi connectivity index (χ3n) is 4.67. The molecule has 23 heavy (non-hydrogen) atoms. The van der Waals surface area contributed by atoms with Crippen molar-refractivity contribution in [1.29, 1.82) is 0 Å². The molecule has 122 valence electrons. The smallest absolute Gasteiger partial charge is 0.0546 e. The molecule has 1 aromatic carbocycles. The van der Waals surface area contributed by atoms with E-state index >= 15 is 0 Å². The second-order valence-corrected chi connectivity index (χ2v) is 6.31. The molecule has 0 spiro atoms. The average molecular weight is 310 g/mol. The Hall–Kier alpha value is -1.91. The molecule has 2 heterocycles. The number of nitrogen functional groups attached to an aromatic ring is 1. The number of rotatable bonds is 6. The number of nitrogens with one attached hydrogen (secondary N) is 1. The number of aromatic nitrogens is 1. The number of nitrogens with zero attached hydrogens (tertiary/aromatic N) is 2. The number of hydrogen-bond donors (Lipinski definition) is 2. The molecule has 1 aromatic heterocycles. The molecular formula is C19H26N4. The Morgan fingerprint density at radius 1 is 1.13 bits per heavy atom. The number of hydrogen-bond acceptors (Lipinski definition) is 4. The number of anilines is 1. The molecule has 0 unspecified atom stereocenters. The Labute approximate surface area is 138 Å². The maximum absolute atomic E-state index is 5.94. The van der Waals surface area contributed by atoms with Crippen molar-refractivity contribution in [3.63, 3.8) is 0 Å². The molecule has 0 amide bonds. The van der Waals surface area contributed by atoms with Crippen LogP contribution in [0, 0.1) is 0 Å². The number of benzene rings is 1. The Morgan fingerprint density at radius 2 is 1.91 bits per heavy atom. The zero-order valence-corrected chi connectivity index (χ0v) is 13.6. The Kier molecular flexibility index (Phi) is 5.61. The summed E-state index contributed by atoms with van der Waals surface area (Å²) in [6, 6.07) is 13.3. The van der Waals surface area contributed by atoms with Gasteiger partial charge in [-0.1, -0.05) is 30.3 Å². The van der Waals surface area contributed by atoms with Crippen LogP contribution in [0.4, 0.5) is 5.69 Å². The van der Waals surface area contributed by atoms with Crippen LogP contribution in [0.15, 0.2) is 48.8 Å². The van der Waals surface area contributed by atoms with Crippen LogP contribution in [-0.2, 0) is 13.0 Å². The molecule has 1 saturated heterocycles. The van der Waals surface area contributed by atoms with E-state index in [0.717, 1.165) is 30.8 Å². The maximum Gasteiger partial charge on any atom is 0.0546 e. The summed E-state index contributed by atoms with van der Waals surface area (Å²) in [4.78, 5) is 6.61. The zero-order chi connectivity index (χ0) is 15.9. The van der Waals surface area contributed by atoms with Gasteiger partial charge >= 0.3 is 0 Å². The second kappa shape index (κ2) is 8.09. The van der Waals surface area contributed by atoms with Gasteiger partial charge in [-0.05, 0) is 49.5 Å². The fourth-order valence-corrected chi connectivity index (χ4v) is 3.14. The summed E-state index contributed by atoms with van der Waals surface area (Å²) < 4.78 is 0. The predicted molar refractivity (Wildman–Crippen MR) is 95.1 cm³/mol. The van der Waals surface area contributed by atoms with E-state index in [9.17, 15) is 0 Å². The lowest BCUT2D eigenvalue weighted by Crippen LogP contribution is -2.42. The number of nitrogens with two attached hydrogens (primary N) is 1. The van der Waals surface area contributed by atoms with E-state index in [0.29, 0.717) is 6.04 Å². The first-order chi connectivity index (χ1) is 11.3. The van der Waals surface area contributed by atoms with E-state index in [1.54, 1.807) is 12.4 Å². The fraction of sp³-hybridized carbons (Fsp3) is 0.421. The van der Waals surface area contributed by atoms with Gasteiger partial charge in [-0.15, -0.1) is 0 Å². The molecule has 0 aliphatic carbocycles. The van der Waals surface area contributed by atoms with Crippen molar-refractivity contribution in [2.45, 2.75) is 31.8 Å². The first-order valence-corrected chi connectivity index (χ1v) is 8.49. The van der Waals surface area contributed by atoms with Crippen LogP contribution >= 0.6 is 0 Å². The molecule has 1 aliphatic heterocycles. The van der Waals surface area contributed by atoms with Gasteiger partial charge in [-0.2, -0.15) is 0 Å². The van der Waals surface area contributed by atoms with Crippen LogP contribution in [0.5, 0.6) is 0 Å². The highest BCUT2D eigenvalue weighted by Crippen LogP contribution is 2.14. The van der Waals surface area contributed by atoms with Gasteiger partial charge in [0.25, 0.3) is 0 Å². The van der Waals surface area contributed by atoms with E-state index in [4.69, 9.17) is 5.73 Å². The lowest BCUT2D eigenvalue weighted by atomic mass is 10.0. The molecule has 0 saturated carbocycles. The van der Waals surface area contributed by atoms with E-state index < -0.39 is 0 Å². The van der Waals surface area contributed by atoms with Crippen molar-refractivity contribution >= 4 is 5.69 Å². The minimum Gasteiger partial charge on any atom is -0.397 e. The topological polar surface area (TPSA) is 54.2 Å². The van der Waals surface area contributed by atoms with Gasteiger partial charge in [0.05, 0.1) is 11.9 Å². The summed E-state index contributed by atoms with van der Waals surface area (Å²) in [7, 11) is 0. The normalized spacial score (nSPS) is 16.5. The molecule has 0 radical (unpaired) electrons. The third-order valence-corrected chi connectivity index (χ3v) is 4.67. The van der Waals surface area contributed by atoms with E-state index in [1.165, 1.54) is 31.5 Å². The van der Waals surface area contributed by atoms with Crippen LogP contribution in [0.25, 0.3) is 0 Å². The van der Waals surface area contributed by atoms with Crippen LogP contribution in [0.1, 0.15) is 24.0 Å². The van der Waals surface area contributed by atoms with E-state index in [-0.39, 0.29) is 0 Å². The van der Waals surface area contributed by atoms with Crippen molar-refractivity contribution in [3.8, 4) is 0 Å². The molecule has 1 aliphatic rings. The highest BCUT2D eigenvalue weighted by molar-refractivity contribution is 5.43. The highest BCUT2D eigenvalue weighted by Gasteiger charge is 2.18. The molecule has 3 N–H and O–H groups in total. The Morgan fingerprint density at radius 3 is 2.65 bits per heavy atom. The fourth-order valence-electron chi connectivity index (χ4n) is 3.14. The van der Waals surface area contributed by atoms with E-state index in [2.05, 4.69) is 45.5 Å². The standard InChI is InChI=1S/C19H26N4/c20-19-15-21-10-6-17(19)14-22-18-8-12-23(13-9-18)11-7-16-4-2-1-3-5-16/h1-6,10,15,18,22H,7-9,11-14,20H2. The lowest BCUT2D eigenvalue weighted by molar-refractivity contribution is 0.199. The molecule has 2 aromatic rings. The van der Waals surface area contributed by atoms with Crippen molar-refractivity contribution in [1.82, 2.24) is 15.2 Å². The largest absolute Gasteiger partial charge is 0.397 e. The lowest BCUT2D eigenvalue weighted by Gasteiger charge is -2.32. The number of likely N-dealkylation sites (tertiary alicyclic amines) is 1. The van der Waals surface area contributed by atoms with E-state index in [1.807, 2.05) is 6.07 Å². The average Bonchev–Trinajstić information content (AvgIpc) is 2.61. The molecular weight excluding hydrogens is 284 g/mol. The van der Waals surface area contributed by atoms with Crippen LogP contribution < -0.4 is 11.1 Å². The summed E-state index contributed by atoms with van der Waals surface area (Å²) in [6.45, 7) is 4.35. The summed E-state index contributed by atoms with van der Waals surface area (Å²) in [6.07, 6.45) is 7.09. The van der Waals surface area contributed by atoms with Crippen molar-refractivity contribution in [3.05, 3.63) is 59.9 Å². The van der Waals surface area contributed by atoms with Crippen LogP contribution in [-0.4, -0.2) is 35.6 Å². The van der Waals surface area contributed by atoms with Gasteiger partial charge in [-0.25, -0.2) is 0 Å². The van der Waals surface area contributed by atoms with Gasteiger partial charge in [-0.3, -0.25) is 4.98 Å². The van der Waals surface area contributed by atoms with Crippen molar-refractivity contribution < 1.29 is 0 Å².